The van der Waals surface area contributed by atoms with E-state index >= 15 is 0 Å². The summed E-state index contributed by atoms with van der Waals surface area (Å²) in [6.07, 6.45) is 0. The van der Waals surface area contributed by atoms with Gasteiger partial charge >= 0.3 is 0 Å². The monoisotopic (exact) mass is 274 g/mol. The van der Waals surface area contributed by atoms with Crippen molar-refractivity contribution < 1.29 is 0 Å². The summed E-state index contributed by atoms with van der Waals surface area (Å²) < 4.78 is 0. The number of nitrogen functional groups attached to an aromatic ring is 1. The molecule has 0 amide bonds. The molecule has 0 fully saturated rings. The molecule has 3 heterocycles. The van der Waals surface area contributed by atoms with Crippen molar-refractivity contribution in [3.63, 3.8) is 0 Å². The molecule has 3 aromatic rings. The number of aromatic nitrogens is 4. The van der Waals surface area contributed by atoms with Crippen LogP contribution >= 0.6 is 11.3 Å². The summed E-state index contributed by atoms with van der Waals surface area (Å²) in [5.41, 5.74) is 8.21. The predicted octanol–water partition coefficient (Wildman–Crippen LogP) is 2.04. The molecule has 3 aromatic heterocycles. The number of nitrogens with two attached hydrogens (primary N) is 1. The molecular formula is C12H14N6S. The van der Waals surface area contributed by atoms with Crippen molar-refractivity contribution in [2.24, 2.45) is 0 Å². The molecule has 0 radical (unpaired) electrons. The summed E-state index contributed by atoms with van der Waals surface area (Å²) in [5.74, 6) is 1.65. The molecule has 0 spiro atoms. The predicted molar refractivity (Wildman–Crippen MR) is 78.5 cm³/mol. The van der Waals surface area contributed by atoms with Gasteiger partial charge in [0.2, 0.25) is 0 Å². The molecule has 0 bridgehead atoms. The van der Waals surface area contributed by atoms with Crippen LogP contribution in [-0.4, -0.2) is 34.0 Å². The van der Waals surface area contributed by atoms with Crippen LogP contribution in [0.5, 0.6) is 0 Å². The lowest BCUT2D eigenvalue weighted by molar-refractivity contribution is 1.08. The number of H-pyrrole nitrogens is 1. The molecule has 0 aliphatic rings. The van der Waals surface area contributed by atoms with Crippen LogP contribution in [0, 0.1) is 6.92 Å². The molecule has 0 atom stereocenters. The Bertz CT molecular complexity index is 742. The number of thiazole rings is 1. The third-order valence-electron chi connectivity index (χ3n) is 2.82. The van der Waals surface area contributed by atoms with Crippen LogP contribution in [0.4, 0.5) is 10.9 Å². The van der Waals surface area contributed by atoms with Gasteiger partial charge in [0, 0.05) is 14.1 Å². The molecule has 0 saturated carbocycles. The van der Waals surface area contributed by atoms with Crippen molar-refractivity contribution >= 4 is 33.5 Å². The van der Waals surface area contributed by atoms with E-state index in [2.05, 4.69) is 19.9 Å². The highest BCUT2D eigenvalue weighted by atomic mass is 32.1. The maximum Gasteiger partial charge on any atom is 0.180 e. The molecule has 98 valence electrons. The molecule has 0 saturated heterocycles. The molecule has 3 N–H and O–H groups in total. The number of aryl methyl sites for hydroxylation is 1. The lowest BCUT2D eigenvalue weighted by Crippen LogP contribution is -2.10. The van der Waals surface area contributed by atoms with Crippen LogP contribution in [0.15, 0.2) is 12.1 Å². The Morgan fingerprint density at radius 3 is 2.63 bits per heavy atom. The number of nitrogens with one attached hydrogen (secondary N) is 1. The van der Waals surface area contributed by atoms with E-state index in [0.29, 0.717) is 10.8 Å². The van der Waals surface area contributed by atoms with Gasteiger partial charge in [-0.2, -0.15) is 0 Å². The van der Waals surface area contributed by atoms with Crippen molar-refractivity contribution in [3.8, 4) is 10.7 Å². The molecule has 0 aromatic carbocycles. The Morgan fingerprint density at radius 1 is 1.21 bits per heavy atom. The van der Waals surface area contributed by atoms with Crippen LogP contribution < -0.4 is 10.6 Å². The number of fused-ring (bicyclic) bond motifs is 1. The third-order valence-corrected chi connectivity index (χ3v) is 3.81. The average Bonchev–Trinajstić information content (AvgIpc) is 2.90. The first-order chi connectivity index (χ1) is 9.04. The molecule has 0 aliphatic carbocycles. The topological polar surface area (TPSA) is 83.7 Å². The first-order valence-corrected chi connectivity index (χ1v) is 6.63. The fraction of sp³-hybridized carbons (Fsp3) is 0.250. The normalized spacial score (nSPS) is 11.1. The van der Waals surface area contributed by atoms with Gasteiger partial charge in [-0.15, -0.1) is 0 Å². The highest BCUT2D eigenvalue weighted by molar-refractivity contribution is 7.18. The third kappa shape index (κ3) is 2.01. The summed E-state index contributed by atoms with van der Waals surface area (Å²) in [4.78, 5) is 19.4. The van der Waals surface area contributed by atoms with Gasteiger partial charge in [0.25, 0.3) is 0 Å². The molecule has 19 heavy (non-hydrogen) atoms. The van der Waals surface area contributed by atoms with Gasteiger partial charge in [-0.25, -0.2) is 15.0 Å². The van der Waals surface area contributed by atoms with Gasteiger partial charge in [0.1, 0.15) is 5.82 Å². The van der Waals surface area contributed by atoms with Crippen molar-refractivity contribution in [3.05, 3.63) is 17.8 Å². The van der Waals surface area contributed by atoms with E-state index in [1.165, 1.54) is 11.3 Å². The van der Waals surface area contributed by atoms with Crippen LogP contribution in [0.25, 0.3) is 21.9 Å². The van der Waals surface area contributed by atoms with E-state index in [9.17, 15) is 0 Å². The van der Waals surface area contributed by atoms with Gasteiger partial charge < -0.3 is 15.6 Å². The fourth-order valence-electron chi connectivity index (χ4n) is 1.88. The van der Waals surface area contributed by atoms with E-state index in [-0.39, 0.29) is 0 Å². The smallest absolute Gasteiger partial charge is 0.180 e. The molecular weight excluding hydrogens is 260 g/mol. The van der Waals surface area contributed by atoms with E-state index in [4.69, 9.17) is 5.73 Å². The van der Waals surface area contributed by atoms with Crippen LogP contribution in [0.1, 0.15) is 5.69 Å². The lowest BCUT2D eigenvalue weighted by atomic mass is 10.4. The van der Waals surface area contributed by atoms with Crippen LogP contribution in [0.3, 0.4) is 0 Å². The number of pyridine rings is 1. The Hall–Kier alpha value is -2.15. The summed E-state index contributed by atoms with van der Waals surface area (Å²) in [6, 6.07) is 3.94. The zero-order chi connectivity index (χ0) is 13.6. The van der Waals surface area contributed by atoms with Crippen LogP contribution in [-0.2, 0) is 0 Å². The minimum atomic E-state index is 0.551. The Labute approximate surface area is 114 Å². The standard InChI is InChI=1S/C12H14N6S/c1-6-9(19-12(13)14-6)11-15-7-4-5-8(18(2)3)16-10(7)17-11/h4-5H,1-3H3,(H2,13,14)(H,15,16,17). The van der Waals surface area contributed by atoms with Gasteiger partial charge in [-0.05, 0) is 19.1 Å². The maximum absolute atomic E-state index is 5.72. The fourth-order valence-corrected chi connectivity index (χ4v) is 2.65. The number of aromatic amines is 1. The summed E-state index contributed by atoms with van der Waals surface area (Å²) in [7, 11) is 3.91. The molecule has 6 nitrogen and oxygen atoms in total. The highest BCUT2D eigenvalue weighted by Gasteiger charge is 2.13. The van der Waals surface area contributed by atoms with E-state index in [0.717, 1.165) is 27.7 Å². The number of imidazole rings is 1. The number of nitrogens with zero attached hydrogens (tertiary/aromatic N) is 4. The molecule has 3 rings (SSSR count). The largest absolute Gasteiger partial charge is 0.375 e. The van der Waals surface area contributed by atoms with Crippen molar-refractivity contribution in [1.29, 1.82) is 0 Å². The molecule has 0 aliphatic heterocycles. The minimum absolute atomic E-state index is 0.551. The second-order valence-corrected chi connectivity index (χ2v) is 5.52. The Kier molecular flexibility index (Phi) is 2.63. The van der Waals surface area contributed by atoms with Gasteiger partial charge in [0.15, 0.2) is 16.6 Å². The van der Waals surface area contributed by atoms with E-state index in [1.54, 1.807) is 0 Å². The second kappa shape index (κ2) is 4.20. The molecule has 7 heteroatoms. The van der Waals surface area contributed by atoms with Crippen molar-refractivity contribution in [2.75, 3.05) is 24.7 Å². The first kappa shape index (κ1) is 11.9. The summed E-state index contributed by atoms with van der Waals surface area (Å²) in [5, 5.41) is 0.551. The lowest BCUT2D eigenvalue weighted by Gasteiger charge is -2.09. The van der Waals surface area contributed by atoms with E-state index < -0.39 is 0 Å². The van der Waals surface area contributed by atoms with Crippen molar-refractivity contribution in [1.82, 2.24) is 19.9 Å². The summed E-state index contributed by atoms with van der Waals surface area (Å²) >= 11 is 1.43. The number of anilines is 2. The highest BCUT2D eigenvalue weighted by Crippen LogP contribution is 2.30. The van der Waals surface area contributed by atoms with Gasteiger partial charge in [-0.3, -0.25) is 0 Å². The van der Waals surface area contributed by atoms with Gasteiger partial charge in [0.05, 0.1) is 16.1 Å². The summed E-state index contributed by atoms with van der Waals surface area (Å²) in [6.45, 7) is 1.92. The molecule has 0 unspecified atom stereocenters. The number of hydrogen-bond acceptors (Lipinski definition) is 6. The number of hydrogen-bond donors (Lipinski definition) is 2. The zero-order valence-electron chi connectivity index (χ0n) is 10.9. The minimum Gasteiger partial charge on any atom is -0.375 e. The second-order valence-electron chi connectivity index (χ2n) is 4.49. The Balaban J connectivity index is 2.14. The number of rotatable bonds is 2. The van der Waals surface area contributed by atoms with E-state index in [1.807, 2.05) is 38.1 Å². The maximum atomic E-state index is 5.72. The first-order valence-electron chi connectivity index (χ1n) is 5.82. The zero-order valence-corrected chi connectivity index (χ0v) is 11.7. The Morgan fingerprint density at radius 2 is 2.00 bits per heavy atom. The average molecular weight is 274 g/mol. The SMILES string of the molecule is Cc1nc(N)sc1-c1nc2nc(N(C)C)ccc2[nH]1. The van der Waals surface area contributed by atoms with Crippen molar-refractivity contribution in [2.45, 2.75) is 6.92 Å². The quantitative estimate of drug-likeness (QED) is 0.747. The van der Waals surface area contributed by atoms with Gasteiger partial charge in [-0.1, -0.05) is 11.3 Å². The van der Waals surface area contributed by atoms with Crippen LogP contribution in [0.2, 0.25) is 0 Å².